The number of carbonyl (C=O) groups is 1. The predicted octanol–water partition coefficient (Wildman–Crippen LogP) is 1.46. The van der Waals surface area contributed by atoms with E-state index in [-0.39, 0.29) is 12.5 Å². The molecule has 21 heavy (non-hydrogen) atoms. The van der Waals surface area contributed by atoms with Crippen LogP contribution in [0.4, 0.5) is 0 Å². The molecule has 0 bridgehead atoms. The SMILES string of the molecule is Cc1cnc(C(=O)N(C)Cc2csc(C#CCO)c2)cn1. The predicted molar refractivity (Wildman–Crippen MR) is 80.8 cm³/mol. The van der Waals surface area contributed by atoms with Gasteiger partial charge in [-0.15, -0.1) is 11.3 Å². The summed E-state index contributed by atoms with van der Waals surface area (Å²) in [5, 5.41) is 10.6. The van der Waals surface area contributed by atoms with Crippen LogP contribution in [0.3, 0.4) is 0 Å². The van der Waals surface area contributed by atoms with Crippen LogP contribution in [0.15, 0.2) is 23.8 Å². The van der Waals surface area contributed by atoms with Crippen molar-refractivity contribution in [1.82, 2.24) is 14.9 Å². The molecule has 2 aromatic heterocycles. The summed E-state index contributed by atoms with van der Waals surface area (Å²) in [6, 6.07) is 1.91. The zero-order chi connectivity index (χ0) is 15.2. The normalized spacial score (nSPS) is 9.86. The van der Waals surface area contributed by atoms with Gasteiger partial charge in [0.1, 0.15) is 12.3 Å². The molecule has 108 valence electrons. The number of carbonyl (C=O) groups excluding carboxylic acids is 1. The van der Waals surface area contributed by atoms with Crippen molar-refractivity contribution in [3.8, 4) is 11.8 Å². The second-order valence-corrected chi connectivity index (χ2v) is 5.39. The van der Waals surface area contributed by atoms with Gasteiger partial charge in [-0.3, -0.25) is 9.78 Å². The van der Waals surface area contributed by atoms with Crippen LogP contribution in [0.2, 0.25) is 0 Å². The fourth-order valence-electron chi connectivity index (χ4n) is 1.69. The maximum absolute atomic E-state index is 12.2. The molecule has 5 nitrogen and oxygen atoms in total. The van der Waals surface area contributed by atoms with E-state index in [0.29, 0.717) is 12.2 Å². The zero-order valence-corrected chi connectivity index (χ0v) is 12.6. The fraction of sp³-hybridized carbons (Fsp3) is 0.267. The van der Waals surface area contributed by atoms with Crippen LogP contribution < -0.4 is 0 Å². The van der Waals surface area contributed by atoms with Crippen LogP contribution >= 0.6 is 11.3 Å². The topological polar surface area (TPSA) is 66.3 Å². The van der Waals surface area contributed by atoms with Crippen molar-refractivity contribution in [2.24, 2.45) is 0 Å². The third-order valence-electron chi connectivity index (χ3n) is 2.71. The Hall–Kier alpha value is -2.23. The first-order valence-electron chi connectivity index (χ1n) is 6.31. The molecule has 2 heterocycles. The van der Waals surface area contributed by atoms with Crippen LogP contribution in [0, 0.1) is 18.8 Å². The lowest BCUT2D eigenvalue weighted by Gasteiger charge is -2.15. The minimum atomic E-state index is -0.170. The van der Waals surface area contributed by atoms with E-state index in [4.69, 9.17) is 5.11 Å². The van der Waals surface area contributed by atoms with Crippen molar-refractivity contribution in [3.05, 3.63) is 45.7 Å². The number of nitrogens with zero attached hydrogens (tertiary/aromatic N) is 3. The second-order valence-electron chi connectivity index (χ2n) is 4.48. The van der Waals surface area contributed by atoms with Gasteiger partial charge in [0.2, 0.25) is 0 Å². The number of amides is 1. The van der Waals surface area contributed by atoms with Crippen LogP contribution in [-0.4, -0.2) is 39.5 Å². The van der Waals surface area contributed by atoms with E-state index in [0.717, 1.165) is 16.1 Å². The van der Waals surface area contributed by atoms with Gasteiger partial charge in [0.25, 0.3) is 5.91 Å². The molecule has 0 aliphatic rings. The van der Waals surface area contributed by atoms with E-state index in [2.05, 4.69) is 21.8 Å². The molecule has 0 radical (unpaired) electrons. The molecule has 6 heteroatoms. The van der Waals surface area contributed by atoms with Crippen molar-refractivity contribution in [1.29, 1.82) is 0 Å². The molecule has 0 unspecified atom stereocenters. The number of aromatic nitrogens is 2. The summed E-state index contributed by atoms with van der Waals surface area (Å²) in [4.78, 5) is 22.8. The van der Waals surface area contributed by atoms with Gasteiger partial charge < -0.3 is 10.0 Å². The number of hydrogen-bond donors (Lipinski definition) is 1. The Bertz CT molecular complexity index is 683. The van der Waals surface area contributed by atoms with E-state index in [1.807, 2.05) is 18.4 Å². The lowest BCUT2D eigenvalue weighted by atomic mass is 10.2. The summed E-state index contributed by atoms with van der Waals surface area (Å²) in [6.45, 7) is 2.15. The van der Waals surface area contributed by atoms with Crippen molar-refractivity contribution < 1.29 is 9.90 Å². The number of aliphatic hydroxyl groups excluding tert-OH is 1. The van der Waals surface area contributed by atoms with Gasteiger partial charge >= 0.3 is 0 Å². The van der Waals surface area contributed by atoms with Crippen molar-refractivity contribution >= 4 is 17.2 Å². The number of thiophene rings is 1. The molecule has 0 saturated carbocycles. The number of hydrogen-bond acceptors (Lipinski definition) is 5. The minimum Gasteiger partial charge on any atom is -0.384 e. The van der Waals surface area contributed by atoms with Crippen LogP contribution in [-0.2, 0) is 6.54 Å². The summed E-state index contributed by atoms with van der Waals surface area (Å²) in [7, 11) is 1.72. The van der Waals surface area contributed by atoms with Gasteiger partial charge in [0.05, 0.1) is 16.8 Å². The first-order chi connectivity index (χ1) is 10.1. The van der Waals surface area contributed by atoms with Gasteiger partial charge in [-0.1, -0.05) is 11.8 Å². The quantitative estimate of drug-likeness (QED) is 0.872. The van der Waals surface area contributed by atoms with Crippen molar-refractivity contribution in [3.63, 3.8) is 0 Å². The van der Waals surface area contributed by atoms with Crippen LogP contribution in [0.5, 0.6) is 0 Å². The highest BCUT2D eigenvalue weighted by Crippen LogP contribution is 2.15. The summed E-state index contributed by atoms with van der Waals surface area (Å²) in [5.41, 5.74) is 2.11. The lowest BCUT2D eigenvalue weighted by molar-refractivity contribution is 0.0779. The van der Waals surface area contributed by atoms with Gasteiger partial charge in [-0.05, 0) is 23.9 Å². The third-order valence-corrected chi connectivity index (χ3v) is 3.61. The minimum absolute atomic E-state index is 0.155. The summed E-state index contributed by atoms with van der Waals surface area (Å²) in [6.07, 6.45) is 3.06. The Kier molecular flexibility index (Phi) is 5.04. The molecule has 0 atom stereocenters. The van der Waals surface area contributed by atoms with Gasteiger partial charge in [-0.25, -0.2) is 4.98 Å². The molecule has 0 aliphatic heterocycles. The second kappa shape index (κ2) is 6.97. The largest absolute Gasteiger partial charge is 0.384 e. The van der Waals surface area contributed by atoms with Crippen molar-refractivity contribution in [2.45, 2.75) is 13.5 Å². The highest BCUT2D eigenvalue weighted by Gasteiger charge is 2.14. The molecule has 0 saturated heterocycles. The molecule has 1 amide bonds. The summed E-state index contributed by atoms with van der Waals surface area (Å²) < 4.78 is 0. The van der Waals surface area contributed by atoms with Gasteiger partial charge in [0.15, 0.2) is 0 Å². The standard InChI is InChI=1S/C15H15N3O2S/c1-11-7-17-14(8-16-11)15(20)18(2)9-12-6-13(21-10-12)4-3-5-19/h6-8,10,19H,5,9H2,1-2H3. The van der Waals surface area contributed by atoms with Gasteiger partial charge in [0, 0.05) is 19.8 Å². The average Bonchev–Trinajstić information content (AvgIpc) is 2.92. The van der Waals surface area contributed by atoms with Gasteiger partial charge in [-0.2, -0.15) is 0 Å². The van der Waals surface area contributed by atoms with E-state index < -0.39 is 0 Å². The van der Waals surface area contributed by atoms with E-state index in [1.165, 1.54) is 17.5 Å². The molecular formula is C15H15N3O2S. The monoisotopic (exact) mass is 301 g/mol. The third kappa shape index (κ3) is 4.12. The molecule has 1 N–H and O–H groups in total. The zero-order valence-electron chi connectivity index (χ0n) is 11.8. The lowest BCUT2D eigenvalue weighted by Crippen LogP contribution is -2.27. The summed E-state index contributed by atoms with van der Waals surface area (Å²) >= 11 is 1.49. The number of aryl methyl sites for hydroxylation is 1. The Balaban J connectivity index is 2.03. The van der Waals surface area contributed by atoms with Crippen molar-refractivity contribution in [2.75, 3.05) is 13.7 Å². The molecule has 0 aromatic carbocycles. The van der Waals surface area contributed by atoms with Crippen LogP contribution in [0.25, 0.3) is 0 Å². The molecule has 0 aliphatic carbocycles. The average molecular weight is 301 g/mol. The Morgan fingerprint density at radius 1 is 1.43 bits per heavy atom. The fourth-order valence-corrected chi connectivity index (χ4v) is 2.47. The van der Waals surface area contributed by atoms with Crippen LogP contribution in [0.1, 0.15) is 26.6 Å². The highest BCUT2D eigenvalue weighted by molar-refractivity contribution is 7.10. The highest BCUT2D eigenvalue weighted by atomic mass is 32.1. The first kappa shape index (κ1) is 15.2. The Labute approximate surface area is 127 Å². The molecule has 0 spiro atoms. The number of aliphatic hydroxyl groups is 1. The van der Waals surface area contributed by atoms with E-state index in [1.54, 1.807) is 18.1 Å². The molecule has 2 rings (SSSR count). The maximum Gasteiger partial charge on any atom is 0.274 e. The van der Waals surface area contributed by atoms with E-state index in [9.17, 15) is 4.79 Å². The number of rotatable bonds is 3. The smallest absolute Gasteiger partial charge is 0.274 e. The Morgan fingerprint density at radius 2 is 2.24 bits per heavy atom. The maximum atomic E-state index is 12.2. The molecule has 2 aromatic rings. The molecular weight excluding hydrogens is 286 g/mol. The first-order valence-corrected chi connectivity index (χ1v) is 7.19. The Morgan fingerprint density at radius 3 is 2.90 bits per heavy atom. The molecule has 0 fully saturated rings. The van der Waals surface area contributed by atoms with E-state index >= 15 is 0 Å². The summed E-state index contributed by atoms with van der Waals surface area (Å²) in [5.74, 6) is 5.28.